The maximum Gasteiger partial charge on any atom is 0.410 e. The van der Waals surface area contributed by atoms with Crippen molar-refractivity contribution in [3.63, 3.8) is 0 Å². The molecule has 3 aliphatic rings. The number of methoxy groups -OCH3 is 1. The van der Waals surface area contributed by atoms with Crippen LogP contribution < -0.4 is 0 Å². The standard InChI is InChI=1S/C20H29NO4/c1-19(2,3)25-18(22)21-10-7-14(8-11-21)16-13-24-20(4)9-6-15(23-5)12-17(16)20/h6,9,12-14,17H,7-8,10-11H2,1-5H3. The van der Waals surface area contributed by atoms with Gasteiger partial charge in [0.25, 0.3) is 0 Å². The van der Waals surface area contributed by atoms with E-state index in [1.807, 2.05) is 38.0 Å². The zero-order valence-corrected chi connectivity index (χ0v) is 15.9. The zero-order chi connectivity index (χ0) is 18.2. The second-order valence-electron chi connectivity index (χ2n) is 8.25. The van der Waals surface area contributed by atoms with Gasteiger partial charge in [-0.15, -0.1) is 0 Å². The van der Waals surface area contributed by atoms with Crippen LogP contribution in [0, 0.1) is 11.8 Å². The van der Waals surface area contributed by atoms with Crippen LogP contribution in [-0.4, -0.2) is 42.4 Å². The maximum absolute atomic E-state index is 12.2. The number of allylic oxidation sites excluding steroid dienone is 1. The molecule has 1 amide bonds. The van der Waals surface area contributed by atoms with E-state index in [1.54, 1.807) is 7.11 Å². The molecule has 0 saturated carbocycles. The first-order chi connectivity index (χ1) is 11.7. The summed E-state index contributed by atoms with van der Waals surface area (Å²) < 4.78 is 16.9. The molecule has 3 rings (SSSR count). The number of nitrogens with zero attached hydrogens (tertiary/aromatic N) is 1. The molecule has 0 N–H and O–H groups in total. The minimum absolute atomic E-state index is 0.200. The smallest absolute Gasteiger partial charge is 0.410 e. The highest BCUT2D eigenvalue weighted by atomic mass is 16.6. The molecule has 25 heavy (non-hydrogen) atoms. The van der Waals surface area contributed by atoms with E-state index in [4.69, 9.17) is 14.2 Å². The largest absolute Gasteiger partial charge is 0.497 e. The summed E-state index contributed by atoms with van der Waals surface area (Å²) in [7, 11) is 1.69. The highest BCUT2D eigenvalue weighted by molar-refractivity contribution is 5.68. The van der Waals surface area contributed by atoms with Crippen LogP contribution in [0.4, 0.5) is 4.79 Å². The van der Waals surface area contributed by atoms with Gasteiger partial charge in [-0.05, 0) is 70.3 Å². The van der Waals surface area contributed by atoms with Crippen LogP contribution in [0.3, 0.4) is 0 Å². The van der Waals surface area contributed by atoms with E-state index in [-0.39, 0.29) is 17.6 Å². The lowest BCUT2D eigenvalue weighted by Gasteiger charge is -2.36. The second-order valence-corrected chi connectivity index (χ2v) is 8.25. The summed E-state index contributed by atoms with van der Waals surface area (Å²) in [5.74, 6) is 1.50. The zero-order valence-electron chi connectivity index (χ0n) is 15.9. The average molecular weight is 347 g/mol. The first-order valence-electron chi connectivity index (χ1n) is 9.02. The lowest BCUT2D eigenvalue weighted by molar-refractivity contribution is 0.0191. The quantitative estimate of drug-likeness (QED) is 0.757. The van der Waals surface area contributed by atoms with E-state index in [0.717, 1.165) is 31.7 Å². The molecule has 1 fully saturated rings. The number of ether oxygens (including phenoxy) is 3. The summed E-state index contributed by atoms with van der Waals surface area (Å²) in [4.78, 5) is 14.0. The van der Waals surface area contributed by atoms with Crippen LogP contribution in [0.5, 0.6) is 0 Å². The summed E-state index contributed by atoms with van der Waals surface area (Å²) in [6.07, 6.45) is 9.78. The fraction of sp³-hybridized carbons (Fsp3) is 0.650. The van der Waals surface area contributed by atoms with Crippen molar-refractivity contribution in [1.82, 2.24) is 4.90 Å². The monoisotopic (exact) mass is 347 g/mol. The highest BCUT2D eigenvalue weighted by Crippen LogP contribution is 2.45. The molecular weight excluding hydrogens is 318 g/mol. The molecule has 0 radical (unpaired) electrons. The van der Waals surface area contributed by atoms with Gasteiger partial charge in [-0.1, -0.05) is 0 Å². The molecule has 0 aromatic rings. The Morgan fingerprint density at radius 3 is 2.60 bits per heavy atom. The van der Waals surface area contributed by atoms with Crippen molar-refractivity contribution < 1.29 is 19.0 Å². The SMILES string of the molecule is COC1=CC2C(C3CCN(C(=O)OC(C)(C)C)CC3)=COC2(C)C=C1. The van der Waals surface area contributed by atoms with Gasteiger partial charge in [-0.25, -0.2) is 4.79 Å². The molecule has 0 aromatic heterocycles. The lowest BCUT2D eigenvalue weighted by atomic mass is 9.75. The van der Waals surface area contributed by atoms with Crippen LogP contribution in [-0.2, 0) is 14.2 Å². The topological polar surface area (TPSA) is 48.0 Å². The minimum atomic E-state index is -0.451. The third kappa shape index (κ3) is 3.70. The van der Waals surface area contributed by atoms with Crippen molar-refractivity contribution in [3.8, 4) is 0 Å². The van der Waals surface area contributed by atoms with Crippen molar-refractivity contribution in [2.45, 2.75) is 51.7 Å². The Hall–Kier alpha value is -1.91. The minimum Gasteiger partial charge on any atom is -0.497 e. The number of hydrogen-bond donors (Lipinski definition) is 0. The Balaban J connectivity index is 1.63. The van der Waals surface area contributed by atoms with Gasteiger partial charge in [0, 0.05) is 19.0 Å². The molecule has 2 unspecified atom stereocenters. The number of carbonyl (C=O) groups is 1. The van der Waals surface area contributed by atoms with Gasteiger partial charge < -0.3 is 19.1 Å². The Bertz CT molecular complexity index is 620. The van der Waals surface area contributed by atoms with Crippen LogP contribution >= 0.6 is 0 Å². The maximum atomic E-state index is 12.2. The number of piperidine rings is 1. The number of rotatable bonds is 2. The Morgan fingerprint density at radius 2 is 2.00 bits per heavy atom. The van der Waals surface area contributed by atoms with Gasteiger partial charge >= 0.3 is 6.09 Å². The molecule has 0 aromatic carbocycles. The van der Waals surface area contributed by atoms with E-state index in [2.05, 4.69) is 19.1 Å². The first-order valence-corrected chi connectivity index (χ1v) is 9.02. The summed E-state index contributed by atoms with van der Waals surface area (Å²) in [6, 6.07) is 0. The summed E-state index contributed by atoms with van der Waals surface area (Å²) in [5.41, 5.74) is 0.540. The first kappa shape index (κ1) is 17.9. The number of amides is 1. The fourth-order valence-electron chi connectivity index (χ4n) is 3.75. The third-order valence-electron chi connectivity index (χ3n) is 5.19. The molecule has 138 valence electrons. The summed E-state index contributed by atoms with van der Waals surface area (Å²) >= 11 is 0. The van der Waals surface area contributed by atoms with Crippen LogP contribution in [0.1, 0.15) is 40.5 Å². The van der Waals surface area contributed by atoms with Crippen molar-refractivity contribution >= 4 is 6.09 Å². The fourth-order valence-corrected chi connectivity index (χ4v) is 3.75. The van der Waals surface area contributed by atoms with Crippen LogP contribution in [0.25, 0.3) is 0 Å². The lowest BCUT2D eigenvalue weighted by Crippen LogP contribution is -2.42. The third-order valence-corrected chi connectivity index (χ3v) is 5.19. The molecule has 0 bridgehead atoms. The Morgan fingerprint density at radius 1 is 1.32 bits per heavy atom. The van der Waals surface area contributed by atoms with Crippen molar-refractivity contribution in [2.75, 3.05) is 20.2 Å². The molecule has 2 heterocycles. The van der Waals surface area contributed by atoms with E-state index in [0.29, 0.717) is 5.92 Å². The van der Waals surface area contributed by atoms with Gasteiger partial charge in [0.05, 0.1) is 13.4 Å². The van der Waals surface area contributed by atoms with Crippen LogP contribution in [0.2, 0.25) is 0 Å². The predicted octanol–water partition coefficient (Wildman–Crippen LogP) is 4.02. The average Bonchev–Trinajstić information content (AvgIpc) is 2.90. The van der Waals surface area contributed by atoms with E-state index in [9.17, 15) is 4.79 Å². The van der Waals surface area contributed by atoms with Gasteiger partial charge in [0.1, 0.15) is 17.0 Å². The van der Waals surface area contributed by atoms with Gasteiger partial charge in [0.2, 0.25) is 0 Å². The normalized spacial score (nSPS) is 29.5. The van der Waals surface area contributed by atoms with Crippen molar-refractivity contribution in [3.05, 3.63) is 35.8 Å². The van der Waals surface area contributed by atoms with Crippen molar-refractivity contribution in [2.24, 2.45) is 11.8 Å². The number of carbonyl (C=O) groups excluding carboxylic acids is 1. The number of fused-ring (bicyclic) bond motifs is 1. The molecule has 0 spiro atoms. The molecule has 5 heteroatoms. The van der Waals surface area contributed by atoms with Gasteiger partial charge in [-0.2, -0.15) is 0 Å². The predicted molar refractivity (Wildman–Crippen MR) is 95.8 cm³/mol. The Kier molecular flexibility index (Phi) is 4.60. The highest BCUT2D eigenvalue weighted by Gasteiger charge is 2.44. The molecule has 5 nitrogen and oxygen atoms in total. The summed E-state index contributed by atoms with van der Waals surface area (Å²) in [6.45, 7) is 9.24. The van der Waals surface area contributed by atoms with Gasteiger partial charge in [-0.3, -0.25) is 0 Å². The van der Waals surface area contributed by atoms with Crippen molar-refractivity contribution in [1.29, 1.82) is 0 Å². The molecule has 1 aliphatic carbocycles. The molecule has 1 saturated heterocycles. The van der Waals surface area contributed by atoms with Crippen LogP contribution in [0.15, 0.2) is 35.8 Å². The number of likely N-dealkylation sites (tertiary alicyclic amines) is 1. The van der Waals surface area contributed by atoms with E-state index in [1.165, 1.54) is 5.57 Å². The summed E-state index contributed by atoms with van der Waals surface area (Å²) in [5, 5.41) is 0. The van der Waals surface area contributed by atoms with E-state index < -0.39 is 5.60 Å². The Labute approximate surface area is 150 Å². The second kappa shape index (κ2) is 6.43. The molecule has 2 aliphatic heterocycles. The number of hydrogen-bond acceptors (Lipinski definition) is 4. The molecular formula is C20H29NO4. The van der Waals surface area contributed by atoms with Gasteiger partial charge in [0.15, 0.2) is 0 Å². The van der Waals surface area contributed by atoms with E-state index >= 15 is 0 Å². The molecule has 2 atom stereocenters.